The van der Waals surface area contributed by atoms with Gasteiger partial charge in [0.1, 0.15) is 5.69 Å². The van der Waals surface area contributed by atoms with Crippen LogP contribution >= 0.6 is 0 Å². The third-order valence-electron chi connectivity index (χ3n) is 4.74. The Morgan fingerprint density at radius 3 is 2.52 bits per heavy atom. The molecule has 1 aliphatic heterocycles. The zero-order valence-electron chi connectivity index (χ0n) is 14.5. The van der Waals surface area contributed by atoms with Gasteiger partial charge in [0.15, 0.2) is 6.10 Å². The summed E-state index contributed by atoms with van der Waals surface area (Å²) in [5.74, 6) is -0.00824. The number of piperidine rings is 1. The number of carbonyl (C=O) groups is 2. The van der Waals surface area contributed by atoms with Gasteiger partial charge in [-0.1, -0.05) is 30.3 Å². The molecule has 0 bridgehead atoms. The Balaban J connectivity index is 1.47. The molecule has 25 heavy (non-hydrogen) atoms. The monoisotopic (exact) mass is 340 g/mol. The SMILES string of the molecule is C[C@@H](OC(=O)c1ccc[nH]1)C(=O)N1CCC(Cc2ccccc2)CC1. The topological polar surface area (TPSA) is 62.4 Å². The van der Waals surface area contributed by atoms with Crippen LogP contribution in [0.15, 0.2) is 48.7 Å². The molecule has 1 aromatic heterocycles. The van der Waals surface area contributed by atoms with Crippen LogP contribution in [0, 0.1) is 5.92 Å². The Morgan fingerprint density at radius 2 is 1.88 bits per heavy atom. The van der Waals surface area contributed by atoms with Crippen molar-refractivity contribution >= 4 is 11.9 Å². The summed E-state index contributed by atoms with van der Waals surface area (Å²) in [5.41, 5.74) is 1.71. The van der Waals surface area contributed by atoms with Gasteiger partial charge in [-0.15, -0.1) is 0 Å². The molecule has 1 aromatic carbocycles. The number of hydrogen-bond acceptors (Lipinski definition) is 3. The van der Waals surface area contributed by atoms with Gasteiger partial charge in [0.2, 0.25) is 0 Å². The van der Waals surface area contributed by atoms with E-state index in [2.05, 4.69) is 29.2 Å². The average molecular weight is 340 g/mol. The summed E-state index contributed by atoms with van der Waals surface area (Å²) < 4.78 is 5.27. The van der Waals surface area contributed by atoms with Crippen LogP contribution in [-0.4, -0.2) is 41.0 Å². The smallest absolute Gasteiger partial charge is 0.355 e. The highest BCUT2D eigenvalue weighted by atomic mass is 16.5. The molecule has 0 saturated carbocycles. The fourth-order valence-electron chi connectivity index (χ4n) is 3.29. The fraction of sp³-hybridized carbons (Fsp3) is 0.400. The molecule has 2 heterocycles. The highest BCUT2D eigenvalue weighted by Gasteiger charge is 2.28. The lowest BCUT2D eigenvalue weighted by Crippen LogP contribution is -2.44. The first-order valence-corrected chi connectivity index (χ1v) is 8.80. The highest BCUT2D eigenvalue weighted by molar-refractivity contribution is 5.90. The summed E-state index contributed by atoms with van der Waals surface area (Å²) in [6.07, 6.45) is 3.91. The summed E-state index contributed by atoms with van der Waals surface area (Å²) >= 11 is 0. The standard InChI is InChI=1S/C20H24N2O3/c1-15(25-20(24)18-8-5-11-21-18)19(23)22-12-9-17(10-13-22)14-16-6-3-2-4-7-16/h2-8,11,15,17,21H,9-10,12-14H2,1H3/t15-/m1/s1. The molecule has 2 aromatic rings. The molecule has 132 valence electrons. The highest BCUT2D eigenvalue weighted by Crippen LogP contribution is 2.22. The fourth-order valence-corrected chi connectivity index (χ4v) is 3.29. The lowest BCUT2D eigenvalue weighted by molar-refractivity contribution is -0.141. The third kappa shape index (κ3) is 4.50. The van der Waals surface area contributed by atoms with E-state index in [1.165, 1.54) is 5.56 Å². The zero-order valence-corrected chi connectivity index (χ0v) is 14.5. The van der Waals surface area contributed by atoms with Crippen molar-refractivity contribution in [3.05, 3.63) is 59.9 Å². The van der Waals surface area contributed by atoms with Crippen LogP contribution in [0.1, 0.15) is 35.8 Å². The number of carbonyl (C=O) groups excluding carboxylic acids is 2. The molecule has 1 fully saturated rings. The second kappa shape index (κ2) is 8.01. The zero-order chi connectivity index (χ0) is 17.6. The van der Waals surface area contributed by atoms with Gasteiger partial charge < -0.3 is 14.6 Å². The van der Waals surface area contributed by atoms with Gasteiger partial charge in [-0.3, -0.25) is 4.79 Å². The Hall–Kier alpha value is -2.56. The number of amides is 1. The second-order valence-corrected chi connectivity index (χ2v) is 6.59. The van der Waals surface area contributed by atoms with Crippen molar-refractivity contribution in [1.29, 1.82) is 0 Å². The summed E-state index contributed by atoms with van der Waals surface area (Å²) in [4.78, 5) is 29.0. The van der Waals surface area contributed by atoms with Crippen LogP contribution in [0.2, 0.25) is 0 Å². The van der Waals surface area contributed by atoms with Crippen LogP contribution in [0.25, 0.3) is 0 Å². The molecular formula is C20H24N2O3. The van der Waals surface area contributed by atoms with Gasteiger partial charge >= 0.3 is 5.97 Å². The summed E-state index contributed by atoms with van der Waals surface area (Å²) in [7, 11) is 0. The number of hydrogen-bond donors (Lipinski definition) is 1. The maximum Gasteiger partial charge on any atom is 0.355 e. The molecule has 0 radical (unpaired) electrons. The second-order valence-electron chi connectivity index (χ2n) is 6.59. The van der Waals surface area contributed by atoms with Crippen molar-refractivity contribution in [3.8, 4) is 0 Å². The Morgan fingerprint density at radius 1 is 1.16 bits per heavy atom. The van der Waals surface area contributed by atoms with Crippen molar-refractivity contribution < 1.29 is 14.3 Å². The first kappa shape index (κ1) is 17.3. The molecule has 0 spiro atoms. The molecule has 1 N–H and O–H groups in total. The van der Waals surface area contributed by atoms with Gasteiger partial charge in [-0.25, -0.2) is 4.79 Å². The molecule has 3 rings (SSSR count). The Bertz CT molecular complexity index is 689. The van der Waals surface area contributed by atoms with Crippen molar-refractivity contribution in [3.63, 3.8) is 0 Å². The van der Waals surface area contributed by atoms with Gasteiger partial charge in [0.25, 0.3) is 5.91 Å². The minimum Gasteiger partial charge on any atom is -0.448 e. The van der Waals surface area contributed by atoms with E-state index in [1.54, 1.807) is 25.3 Å². The molecule has 1 saturated heterocycles. The predicted molar refractivity (Wildman–Crippen MR) is 95.1 cm³/mol. The average Bonchev–Trinajstić information content (AvgIpc) is 3.17. The van der Waals surface area contributed by atoms with E-state index in [1.807, 2.05) is 11.0 Å². The summed E-state index contributed by atoms with van der Waals surface area (Å²) in [5, 5.41) is 0. The quantitative estimate of drug-likeness (QED) is 0.851. The number of aromatic nitrogens is 1. The molecule has 5 heteroatoms. The largest absolute Gasteiger partial charge is 0.448 e. The van der Waals surface area contributed by atoms with E-state index in [0.29, 0.717) is 11.6 Å². The number of nitrogens with one attached hydrogen (secondary N) is 1. The lowest BCUT2D eigenvalue weighted by atomic mass is 9.90. The van der Waals surface area contributed by atoms with Crippen LogP contribution < -0.4 is 0 Å². The van der Waals surface area contributed by atoms with Crippen LogP contribution in [0.3, 0.4) is 0 Å². The van der Waals surface area contributed by atoms with Crippen molar-refractivity contribution in [2.24, 2.45) is 5.92 Å². The molecule has 1 atom stereocenters. The Kier molecular flexibility index (Phi) is 5.53. The van der Waals surface area contributed by atoms with Crippen LogP contribution in [0.5, 0.6) is 0 Å². The third-order valence-corrected chi connectivity index (χ3v) is 4.74. The number of esters is 1. The molecule has 1 amide bonds. The van der Waals surface area contributed by atoms with E-state index in [0.717, 1.165) is 32.4 Å². The predicted octanol–water partition coefficient (Wildman–Crippen LogP) is 3.04. The maximum absolute atomic E-state index is 12.5. The first-order chi connectivity index (χ1) is 12.1. The number of rotatable bonds is 5. The summed E-state index contributed by atoms with van der Waals surface area (Å²) in [6.45, 7) is 3.08. The van der Waals surface area contributed by atoms with E-state index in [4.69, 9.17) is 4.74 Å². The maximum atomic E-state index is 12.5. The van der Waals surface area contributed by atoms with Gasteiger partial charge in [-0.2, -0.15) is 0 Å². The van der Waals surface area contributed by atoms with Gasteiger partial charge in [0.05, 0.1) is 0 Å². The van der Waals surface area contributed by atoms with E-state index in [9.17, 15) is 9.59 Å². The minimum absolute atomic E-state index is 0.113. The number of likely N-dealkylation sites (tertiary alicyclic amines) is 1. The number of ether oxygens (including phenoxy) is 1. The van der Waals surface area contributed by atoms with Crippen molar-refractivity contribution in [2.45, 2.75) is 32.3 Å². The van der Waals surface area contributed by atoms with Crippen molar-refractivity contribution in [2.75, 3.05) is 13.1 Å². The number of aromatic amines is 1. The minimum atomic E-state index is -0.763. The molecule has 0 unspecified atom stereocenters. The molecule has 1 aliphatic rings. The van der Waals surface area contributed by atoms with E-state index in [-0.39, 0.29) is 5.91 Å². The molecular weight excluding hydrogens is 316 g/mol. The van der Waals surface area contributed by atoms with E-state index >= 15 is 0 Å². The van der Waals surface area contributed by atoms with Crippen LogP contribution in [-0.2, 0) is 16.0 Å². The first-order valence-electron chi connectivity index (χ1n) is 8.80. The number of H-pyrrole nitrogens is 1. The number of nitrogens with zero attached hydrogens (tertiary/aromatic N) is 1. The van der Waals surface area contributed by atoms with Crippen LogP contribution in [0.4, 0.5) is 0 Å². The molecule has 5 nitrogen and oxygen atoms in total. The normalized spacial score (nSPS) is 16.4. The van der Waals surface area contributed by atoms with Crippen molar-refractivity contribution in [1.82, 2.24) is 9.88 Å². The van der Waals surface area contributed by atoms with Gasteiger partial charge in [-0.05, 0) is 49.8 Å². The van der Waals surface area contributed by atoms with E-state index < -0.39 is 12.1 Å². The molecule has 0 aliphatic carbocycles. The van der Waals surface area contributed by atoms with Gasteiger partial charge in [0, 0.05) is 19.3 Å². The summed E-state index contributed by atoms with van der Waals surface area (Å²) in [6, 6.07) is 13.8. The number of benzene rings is 1. The lowest BCUT2D eigenvalue weighted by Gasteiger charge is -2.33. The Labute approximate surface area is 148 Å².